The maximum absolute atomic E-state index is 12.8. The van der Waals surface area contributed by atoms with Gasteiger partial charge in [0, 0.05) is 12.7 Å². The molecule has 98 valence electrons. The number of rotatable bonds is 2. The van der Waals surface area contributed by atoms with Crippen LogP contribution in [0, 0.1) is 5.82 Å². The highest BCUT2D eigenvalue weighted by Crippen LogP contribution is 2.21. The number of benzene rings is 1. The predicted molar refractivity (Wildman–Crippen MR) is 73.4 cm³/mol. The molecule has 0 aliphatic carbocycles. The van der Waals surface area contributed by atoms with Gasteiger partial charge in [-0.1, -0.05) is 23.2 Å². The number of anilines is 1. The molecule has 2 aromatic rings. The van der Waals surface area contributed by atoms with Crippen LogP contribution < -0.4 is 4.90 Å². The third-order valence-corrected chi connectivity index (χ3v) is 3.05. The highest BCUT2D eigenvalue weighted by molar-refractivity contribution is 6.35. The lowest BCUT2D eigenvalue weighted by Crippen LogP contribution is -2.27. The Bertz CT molecular complexity index is 617. The summed E-state index contributed by atoms with van der Waals surface area (Å²) in [6.45, 7) is 0. The molecule has 0 N–H and O–H groups in total. The molecule has 2 rings (SSSR count). The summed E-state index contributed by atoms with van der Waals surface area (Å²) in [5.74, 6) is -0.789. The second-order valence-electron chi connectivity index (χ2n) is 3.80. The van der Waals surface area contributed by atoms with Crippen LogP contribution in [0.2, 0.25) is 10.2 Å². The normalized spacial score (nSPS) is 10.3. The van der Waals surface area contributed by atoms with Crippen molar-refractivity contribution >= 4 is 34.8 Å². The maximum atomic E-state index is 12.8. The van der Waals surface area contributed by atoms with Crippen molar-refractivity contribution in [3.05, 3.63) is 58.1 Å². The van der Waals surface area contributed by atoms with Crippen LogP contribution >= 0.6 is 23.2 Å². The number of aromatic nitrogens is 1. The van der Waals surface area contributed by atoms with Gasteiger partial charge >= 0.3 is 0 Å². The topological polar surface area (TPSA) is 33.2 Å². The molecule has 0 saturated heterocycles. The Kier molecular flexibility index (Phi) is 4.02. The average molecular weight is 299 g/mol. The zero-order valence-electron chi connectivity index (χ0n) is 9.90. The Morgan fingerprint density at radius 2 is 1.79 bits per heavy atom. The monoisotopic (exact) mass is 298 g/mol. The second kappa shape index (κ2) is 5.55. The van der Waals surface area contributed by atoms with E-state index >= 15 is 0 Å². The standard InChI is InChI=1S/C13H9Cl2FN2O/c1-18(9-4-2-8(16)3-5-9)13(19)12-10(14)6-7-11(15)17-12/h2-7H,1H3. The molecule has 1 aromatic carbocycles. The van der Waals surface area contributed by atoms with Crippen molar-refractivity contribution in [2.45, 2.75) is 0 Å². The summed E-state index contributed by atoms with van der Waals surface area (Å²) in [5, 5.41) is 0.392. The molecule has 0 fully saturated rings. The number of carbonyl (C=O) groups is 1. The molecule has 0 aliphatic rings. The first-order valence-electron chi connectivity index (χ1n) is 5.34. The molecule has 0 radical (unpaired) electrons. The van der Waals surface area contributed by atoms with Crippen LogP contribution in [0.5, 0.6) is 0 Å². The molecule has 0 spiro atoms. The molecule has 6 heteroatoms. The third kappa shape index (κ3) is 3.03. The summed E-state index contributed by atoms with van der Waals surface area (Å²) in [5.41, 5.74) is 0.588. The number of pyridine rings is 1. The summed E-state index contributed by atoms with van der Waals surface area (Å²) >= 11 is 11.7. The molecule has 19 heavy (non-hydrogen) atoms. The van der Waals surface area contributed by atoms with E-state index in [1.807, 2.05) is 0 Å². The van der Waals surface area contributed by atoms with Gasteiger partial charge in [0.15, 0.2) is 0 Å². The molecule has 0 unspecified atom stereocenters. The van der Waals surface area contributed by atoms with E-state index in [9.17, 15) is 9.18 Å². The van der Waals surface area contributed by atoms with Gasteiger partial charge in [0.05, 0.1) is 5.02 Å². The Hall–Kier alpha value is -1.65. The van der Waals surface area contributed by atoms with Crippen molar-refractivity contribution in [1.29, 1.82) is 0 Å². The molecule has 3 nitrogen and oxygen atoms in total. The molecular formula is C13H9Cl2FN2O. The van der Waals surface area contributed by atoms with E-state index in [0.29, 0.717) is 5.69 Å². The summed E-state index contributed by atoms with van der Waals surface area (Å²) in [6.07, 6.45) is 0. The first-order valence-corrected chi connectivity index (χ1v) is 6.10. The Labute approximate surface area is 119 Å². The number of carbonyl (C=O) groups excluding carboxylic acids is 1. The van der Waals surface area contributed by atoms with Gasteiger partial charge in [-0.05, 0) is 36.4 Å². The minimum Gasteiger partial charge on any atom is -0.310 e. The lowest BCUT2D eigenvalue weighted by atomic mass is 10.2. The number of hydrogen-bond acceptors (Lipinski definition) is 2. The smallest absolute Gasteiger partial charge is 0.278 e. The van der Waals surface area contributed by atoms with Gasteiger partial charge in [0.1, 0.15) is 16.7 Å². The van der Waals surface area contributed by atoms with Gasteiger partial charge in [0.25, 0.3) is 5.91 Å². The van der Waals surface area contributed by atoms with E-state index in [0.717, 1.165) is 0 Å². The van der Waals surface area contributed by atoms with Crippen LogP contribution in [0.4, 0.5) is 10.1 Å². The van der Waals surface area contributed by atoms with E-state index in [4.69, 9.17) is 23.2 Å². The molecule has 0 atom stereocenters. The minimum atomic E-state index is -0.417. The van der Waals surface area contributed by atoms with Crippen LogP contribution in [-0.2, 0) is 0 Å². The highest BCUT2D eigenvalue weighted by Gasteiger charge is 2.18. The second-order valence-corrected chi connectivity index (χ2v) is 4.60. The van der Waals surface area contributed by atoms with Crippen LogP contribution in [0.25, 0.3) is 0 Å². The molecule has 1 heterocycles. The van der Waals surface area contributed by atoms with Crippen molar-refractivity contribution in [1.82, 2.24) is 4.98 Å². The number of nitrogens with zero attached hydrogens (tertiary/aromatic N) is 2. The fraction of sp³-hybridized carbons (Fsp3) is 0.0769. The van der Waals surface area contributed by atoms with E-state index in [2.05, 4.69) is 4.98 Å². The van der Waals surface area contributed by atoms with Crippen molar-refractivity contribution in [2.75, 3.05) is 11.9 Å². The van der Waals surface area contributed by atoms with Crippen molar-refractivity contribution in [3.63, 3.8) is 0 Å². The van der Waals surface area contributed by atoms with E-state index in [-0.39, 0.29) is 21.7 Å². The number of amides is 1. The molecule has 0 bridgehead atoms. The number of hydrogen-bond donors (Lipinski definition) is 0. The molecule has 0 aliphatic heterocycles. The fourth-order valence-corrected chi connectivity index (χ4v) is 1.84. The first-order chi connectivity index (χ1) is 8.99. The molecule has 1 aromatic heterocycles. The summed E-state index contributed by atoms with van der Waals surface area (Å²) in [7, 11) is 1.55. The van der Waals surface area contributed by atoms with Gasteiger partial charge in [-0.25, -0.2) is 9.37 Å². The summed E-state index contributed by atoms with van der Waals surface area (Å²) < 4.78 is 12.8. The lowest BCUT2D eigenvalue weighted by molar-refractivity contribution is 0.0988. The molecular weight excluding hydrogens is 290 g/mol. The van der Waals surface area contributed by atoms with Crippen LogP contribution in [0.1, 0.15) is 10.5 Å². The van der Waals surface area contributed by atoms with Crippen molar-refractivity contribution in [3.8, 4) is 0 Å². The zero-order chi connectivity index (χ0) is 14.0. The van der Waals surface area contributed by atoms with Crippen LogP contribution in [-0.4, -0.2) is 17.9 Å². The van der Waals surface area contributed by atoms with Gasteiger partial charge in [-0.15, -0.1) is 0 Å². The zero-order valence-corrected chi connectivity index (χ0v) is 11.4. The van der Waals surface area contributed by atoms with Crippen molar-refractivity contribution < 1.29 is 9.18 Å². The van der Waals surface area contributed by atoms with Gasteiger partial charge < -0.3 is 4.90 Å². The van der Waals surface area contributed by atoms with Gasteiger partial charge in [-0.2, -0.15) is 0 Å². The van der Waals surface area contributed by atoms with Crippen LogP contribution in [0.15, 0.2) is 36.4 Å². The Balaban J connectivity index is 2.33. The van der Waals surface area contributed by atoms with E-state index in [1.54, 1.807) is 7.05 Å². The minimum absolute atomic E-state index is 0.0565. The van der Waals surface area contributed by atoms with Gasteiger partial charge in [0.2, 0.25) is 0 Å². The SMILES string of the molecule is CN(C(=O)c1nc(Cl)ccc1Cl)c1ccc(F)cc1. The van der Waals surface area contributed by atoms with Crippen molar-refractivity contribution in [2.24, 2.45) is 0 Å². The van der Waals surface area contributed by atoms with Crippen LogP contribution in [0.3, 0.4) is 0 Å². The van der Waals surface area contributed by atoms with E-state index < -0.39 is 5.91 Å². The lowest BCUT2D eigenvalue weighted by Gasteiger charge is -2.17. The Morgan fingerprint density at radius 1 is 1.16 bits per heavy atom. The third-order valence-electron chi connectivity index (χ3n) is 2.53. The summed E-state index contributed by atoms with van der Waals surface area (Å²) in [6, 6.07) is 8.52. The largest absolute Gasteiger partial charge is 0.310 e. The van der Waals surface area contributed by atoms with Gasteiger partial charge in [-0.3, -0.25) is 4.79 Å². The maximum Gasteiger partial charge on any atom is 0.278 e. The van der Waals surface area contributed by atoms with E-state index in [1.165, 1.54) is 41.3 Å². The number of halogens is 3. The summed E-state index contributed by atoms with van der Waals surface area (Å²) in [4.78, 5) is 17.5. The molecule has 0 saturated carbocycles. The Morgan fingerprint density at radius 3 is 2.42 bits per heavy atom. The average Bonchev–Trinajstić information content (AvgIpc) is 2.41. The fourth-order valence-electron chi connectivity index (χ4n) is 1.51. The quantitative estimate of drug-likeness (QED) is 0.790. The molecule has 1 amide bonds. The first kappa shape index (κ1) is 13.8. The predicted octanol–water partition coefficient (Wildman–Crippen LogP) is 3.80. The highest BCUT2D eigenvalue weighted by atomic mass is 35.5.